The lowest BCUT2D eigenvalue weighted by molar-refractivity contribution is -0.0229. The maximum absolute atomic E-state index is 5.93. The summed E-state index contributed by atoms with van der Waals surface area (Å²) in [6.45, 7) is 11.7. The summed E-state index contributed by atoms with van der Waals surface area (Å²) in [5.41, 5.74) is 0.737. The summed E-state index contributed by atoms with van der Waals surface area (Å²) >= 11 is 0. The van der Waals surface area contributed by atoms with Gasteiger partial charge in [-0.2, -0.15) is 0 Å². The van der Waals surface area contributed by atoms with E-state index in [9.17, 15) is 0 Å². The maximum atomic E-state index is 5.93. The molecule has 122 valence electrons. The second-order valence-corrected chi connectivity index (χ2v) is 8.67. The third-order valence-corrected chi connectivity index (χ3v) is 5.89. The Balaban J connectivity index is 1.71. The second-order valence-electron chi connectivity index (χ2n) is 8.67. The van der Waals surface area contributed by atoms with Crippen molar-refractivity contribution in [3.63, 3.8) is 0 Å². The van der Waals surface area contributed by atoms with E-state index in [1.165, 1.54) is 51.5 Å². The van der Waals surface area contributed by atoms with Crippen LogP contribution in [0.4, 0.5) is 0 Å². The van der Waals surface area contributed by atoms with Gasteiger partial charge >= 0.3 is 0 Å². The monoisotopic (exact) mass is 294 g/mol. The number of piperazine rings is 1. The lowest BCUT2D eigenvalue weighted by Gasteiger charge is -2.53. The number of hydrogen-bond acceptors (Lipinski definition) is 3. The first-order chi connectivity index (χ1) is 9.99. The minimum absolute atomic E-state index is 0.335. The summed E-state index contributed by atoms with van der Waals surface area (Å²) in [6, 6.07) is 0.634. The molecule has 2 heterocycles. The molecule has 0 bridgehead atoms. The van der Waals surface area contributed by atoms with E-state index in [1.54, 1.807) is 0 Å². The van der Waals surface area contributed by atoms with Crippen molar-refractivity contribution in [2.75, 3.05) is 26.2 Å². The zero-order valence-electron chi connectivity index (χ0n) is 14.3. The Hall–Kier alpha value is -0.120. The van der Waals surface area contributed by atoms with E-state index < -0.39 is 0 Å². The Bertz CT molecular complexity index is 338. The fraction of sp³-hybridized carbons (Fsp3) is 1.00. The minimum Gasteiger partial charge on any atom is -0.377 e. The van der Waals surface area contributed by atoms with Crippen LogP contribution in [0.25, 0.3) is 0 Å². The molecule has 3 nitrogen and oxygen atoms in total. The molecule has 1 spiro atoms. The van der Waals surface area contributed by atoms with E-state index in [-0.39, 0.29) is 0 Å². The van der Waals surface area contributed by atoms with Crippen LogP contribution in [0.5, 0.6) is 0 Å². The highest BCUT2D eigenvalue weighted by Crippen LogP contribution is 2.36. The van der Waals surface area contributed by atoms with Gasteiger partial charge in [0.05, 0.1) is 6.10 Å². The summed E-state index contributed by atoms with van der Waals surface area (Å²) in [5.74, 6) is 0. The van der Waals surface area contributed by atoms with Crippen LogP contribution in [0.3, 0.4) is 0 Å². The molecule has 2 atom stereocenters. The van der Waals surface area contributed by atoms with Crippen molar-refractivity contribution in [1.82, 2.24) is 10.2 Å². The Labute approximate surface area is 130 Å². The summed E-state index contributed by atoms with van der Waals surface area (Å²) in [5, 5.41) is 3.96. The molecule has 0 aromatic carbocycles. The molecule has 3 fully saturated rings. The molecule has 0 aromatic heterocycles. The van der Waals surface area contributed by atoms with Crippen molar-refractivity contribution in [2.24, 2.45) is 5.41 Å². The van der Waals surface area contributed by atoms with E-state index in [1.807, 2.05) is 0 Å². The summed E-state index contributed by atoms with van der Waals surface area (Å²) in [4.78, 5) is 2.78. The molecular weight excluding hydrogens is 260 g/mol. The molecule has 2 aliphatic heterocycles. The number of rotatable bonds is 2. The average molecular weight is 294 g/mol. The summed E-state index contributed by atoms with van der Waals surface area (Å²) < 4.78 is 5.93. The molecule has 3 rings (SSSR count). The molecule has 1 saturated carbocycles. The van der Waals surface area contributed by atoms with Crippen LogP contribution < -0.4 is 5.32 Å². The molecule has 3 aliphatic rings. The molecule has 1 aliphatic carbocycles. The van der Waals surface area contributed by atoms with Crippen LogP contribution in [-0.4, -0.2) is 48.8 Å². The zero-order valence-corrected chi connectivity index (χ0v) is 14.3. The Morgan fingerprint density at radius 1 is 1.14 bits per heavy atom. The van der Waals surface area contributed by atoms with Gasteiger partial charge in [-0.25, -0.2) is 0 Å². The normalized spacial score (nSPS) is 34.4. The van der Waals surface area contributed by atoms with Crippen LogP contribution in [-0.2, 0) is 4.74 Å². The van der Waals surface area contributed by atoms with Gasteiger partial charge in [0.2, 0.25) is 0 Å². The van der Waals surface area contributed by atoms with Crippen molar-refractivity contribution >= 4 is 0 Å². The topological polar surface area (TPSA) is 24.5 Å². The fourth-order valence-corrected chi connectivity index (χ4v) is 4.66. The van der Waals surface area contributed by atoms with E-state index >= 15 is 0 Å². The van der Waals surface area contributed by atoms with Crippen LogP contribution in [0.15, 0.2) is 0 Å². The van der Waals surface area contributed by atoms with Crippen molar-refractivity contribution in [3.8, 4) is 0 Å². The predicted molar refractivity (Wildman–Crippen MR) is 87.6 cm³/mol. The highest BCUT2D eigenvalue weighted by molar-refractivity contribution is 5.02. The predicted octanol–water partition coefficient (Wildman–Crippen LogP) is 3.19. The molecule has 3 heteroatoms. The van der Waals surface area contributed by atoms with Crippen LogP contribution in [0.1, 0.15) is 65.7 Å². The van der Waals surface area contributed by atoms with Crippen LogP contribution in [0.2, 0.25) is 0 Å². The lowest BCUT2D eigenvalue weighted by Crippen LogP contribution is -2.68. The van der Waals surface area contributed by atoms with Gasteiger partial charge in [0.15, 0.2) is 0 Å². The van der Waals surface area contributed by atoms with Crippen LogP contribution in [0, 0.1) is 5.41 Å². The second kappa shape index (κ2) is 6.17. The Morgan fingerprint density at radius 2 is 1.90 bits per heavy atom. The molecule has 0 aromatic rings. The first-order valence-corrected chi connectivity index (χ1v) is 9.09. The maximum Gasteiger partial charge on any atom is 0.0702 e. The quantitative estimate of drug-likeness (QED) is 0.846. The van der Waals surface area contributed by atoms with Gasteiger partial charge in [-0.15, -0.1) is 0 Å². The summed E-state index contributed by atoms with van der Waals surface area (Å²) in [6.07, 6.45) is 9.96. The highest BCUT2D eigenvalue weighted by Gasteiger charge is 2.43. The van der Waals surface area contributed by atoms with Gasteiger partial charge in [-0.05, 0) is 31.1 Å². The van der Waals surface area contributed by atoms with Crippen molar-refractivity contribution < 1.29 is 4.74 Å². The average Bonchev–Trinajstić information content (AvgIpc) is 2.91. The van der Waals surface area contributed by atoms with Gasteiger partial charge in [-0.3, -0.25) is 4.90 Å². The summed E-state index contributed by atoms with van der Waals surface area (Å²) in [7, 11) is 0. The van der Waals surface area contributed by atoms with E-state index in [4.69, 9.17) is 4.74 Å². The third kappa shape index (κ3) is 3.62. The fourth-order valence-electron chi connectivity index (χ4n) is 4.66. The number of ether oxygens (including phenoxy) is 1. The first kappa shape index (κ1) is 15.8. The third-order valence-electron chi connectivity index (χ3n) is 5.89. The van der Waals surface area contributed by atoms with Gasteiger partial charge in [0.1, 0.15) is 0 Å². The van der Waals surface area contributed by atoms with Crippen molar-refractivity contribution in [1.29, 1.82) is 0 Å². The Morgan fingerprint density at radius 3 is 2.52 bits per heavy atom. The van der Waals surface area contributed by atoms with Gasteiger partial charge in [0, 0.05) is 37.8 Å². The highest BCUT2D eigenvalue weighted by atomic mass is 16.5. The van der Waals surface area contributed by atoms with Gasteiger partial charge in [0.25, 0.3) is 0 Å². The first-order valence-electron chi connectivity index (χ1n) is 9.09. The lowest BCUT2D eigenvalue weighted by atomic mass is 9.76. The standard InChI is InChI=1S/C18H34N2O/c1-17(2,3)16-12-19-18(9-5-4-6-10-18)14-20(16)13-15-8-7-11-21-15/h15-16,19H,4-14H2,1-3H3. The number of nitrogens with zero attached hydrogens (tertiary/aromatic N) is 1. The van der Waals surface area contributed by atoms with E-state index in [0.29, 0.717) is 23.1 Å². The molecule has 1 N–H and O–H groups in total. The zero-order chi connectivity index (χ0) is 14.9. The number of nitrogens with one attached hydrogen (secondary N) is 1. The van der Waals surface area contributed by atoms with E-state index in [2.05, 4.69) is 31.0 Å². The molecule has 2 unspecified atom stereocenters. The van der Waals surface area contributed by atoms with Crippen molar-refractivity contribution in [3.05, 3.63) is 0 Å². The Kier molecular flexibility index (Phi) is 4.63. The largest absolute Gasteiger partial charge is 0.377 e. The van der Waals surface area contributed by atoms with Crippen LogP contribution >= 0.6 is 0 Å². The van der Waals surface area contributed by atoms with Crippen molar-refractivity contribution in [2.45, 2.75) is 83.4 Å². The molecule has 21 heavy (non-hydrogen) atoms. The van der Waals surface area contributed by atoms with Gasteiger partial charge in [-0.1, -0.05) is 40.0 Å². The molecule has 2 saturated heterocycles. The molecule has 0 radical (unpaired) electrons. The SMILES string of the molecule is CC(C)(C)C1CNC2(CCCCC2)CN1CC1CCCO1. The van der Waals surface area contributed by atoms with Gasteiger partial charge < -0.3 is 10.1 Å². The molecular formula is C18H34N2O. The van der Waals surface area contributed by atoms with E-state index in [0.717, 1.165) is 19.7 Å². The smallest absolute Gasteiger partial charge is 0.0702 e. The molecule has 0 amide bonds. The number of hydrogen-bond donors (Lipinski definition) is 1. The minimum atomic E-state index is 0.335.